The van der Waals surface area contributed by atoms with Crippen LogP contribution in [-0.2, 0) is 19.0 Å². The number of aliphatic hydroxyl groups excluding tert-OH is 6. The summed E-state index contributed by atoms with van der Waals surface area (Å²) in [6.45, 7) is 13.3. The highest BCUT2D eigenvalue weighted by Crippen LogP contribution is 2.21. The molecule has 0 radical (unpaired) electrons. The van der Waals surface area contributed by atoms with E-state index in [1.165, 1.54) is 6.92 Å². The van der Waals surface area contributed by atoms with Gasteiger partial charge < -0.3 is 55.5 Å². The summed E-state index contributed by atoms with van der Waals surface area (Å²) in [5.41, 5.74) is 0. The molecular formula is C27H56N2O10. The smallest absolute Gasteiger partial charge is 0.217 e. The minimum Gasteiger partial charge on any atom is -0.394 e. The zero-order valence-electron chi connectivity index (χ0n) is 24.8. The van der Waals surface area contributed by atoms with Crippen LogP contribution in [0.5, 0.6) is 0 Å². The first-order valence-corrected chi connectivity index (χ1v) is 14.3. The van der Waals surface area contributed by atoms with Crippen LogP contribution in [0.2, 0.25) is 0 Å². The second kappa shape index (κ2) is 20.9. The molecule has 8 N–H and O–H groups in total. The molecular weight excluding hydrogens is 512 g/mol. The van der Waals surface area contributed by atoms with Gasteiger partial charge >= 0.3 is 0 Å². The van der Waals surface area contributed by atoms with Gasteiger partial charge in [-0.1, -0.05) is 27.7 Å². The number of hydrogen-bond donors (Lipinski definition) is 8. The quantitative estimate of drug-likeness (QED) is 0.160. The van der Waals surface area contributed by atoms with Gasteiger partial charge in [-0.3, -0.25) is 4.79 Å². The number of amides is 1. The van der Waals surface area contributed by atoms with Crippen LogP contribution in [0.25, 0.3) is 0 Å². The first kappa shape index (κ1) is 38.1. The Hall–Kier alpha value is -0.930. The van der Waals surface area contributed by atoms with Crippen molar-refractivity contribution in [2.75, 3.05) is 26.4 Å². The molecule has 0 aromatic rings. The van der Waals surface area contributed by atoms with Crippen LogP contribution in [0.1, 0.15) is 74.1 Å². The van der Waals surface area contributed by atoms with E-state index in [-0.39, 0.29) is 50.0 Å². The van der Waals surface area contributed by atoms with E-state index in [2.05, 4.69) is 10.6 Å². The monoisotopic (exact) mass is 568 g/mol. The van der Waals surface area contributed by atoms with E-state index in [0.717, 1.165) is 25.7 Å². The summed E-state index contributed by atoms with van der Waals surface area (Å²) in [6, 6.07) is -0.497. The molecule has 234 valence electrons. The van der Waals surface area contributed by atoms with Crippen LogP contribution in [0.15, 0.2) is 0 Å². The maximum absolute atomic E-state index is 11.0. The van der Waals surface area contributed by atoms with E-state index in [9.17, 15) is 25.2 Å². The highest BCUT2D eigenvalue weighted by molar-refractivity contribution is 5.73. The summed E-state index contributed by atoms with van der Waals surface area (Å²) >= 11 is 0. The minimum absolute atomic E-state index is 0.0432. The van der Waals surface area contributed by atoms with Crippen molar-refractivity contribution < 1.29 is 49.6 Å². The highest BCUT2D eigenvalue weighted by Gasteiger charge is 2.41. The van der Waals surface area contributed by atoms with E-state index in [1.807, 2.05) is 41.5 Å². The number of nitrogens with one attached hydrogen (secondary N) is 2. The molecule has 10 atom stereocenters. The molecule has 2 heterocycles. The van der Waals surface area contributed by atoms with Crippen LogP contribution in [0.3, 0.4) is 0 Å². The maximum atomic E-state index is 11.0. The lowest BCUT2D eigenvalue weighted by Crippen LogP contribution is -2.61. The van der Waals surface area contributed by atoms with Crippen molar-refractivity contribution in [3.8, 4) is 0 Å². The summed E-state index contributed by atoms with van der Waals surface area (Å²) in [4.78, 5) is 11.0. The molecule has 2 fully saturated rings. The normalized spacial score (nSPS) is 32.3. The predicted octanol–water partition coefficient (Wildman–Crippen LogP) is -0.550. The van der Waals surface area contributed by atoms with Crippen molar-refractivity contribution >= 4 is 5.91 Å². The van der Waals surface area contributed by atoms with Crippen molar-refractivity contribution in [3.63, 3.8) is 0 Å². The predicted molar refractivity (Wildman–Crippen MR) is 147 cm³/mol. The lowest BCUT2D eigenvalue weighted by atomic mass is 9.97. The number of carbonyl (C=O) groups is 1. The number of rotatable bonds is 11. The van der Waals surface area contributed by atoms with Crippen LogP contribution < -0.4 is 10.6 Å². The first-order chi connectivity index (χ1) is 18.4. The number of ether oxygens (including phenoxy) is 3. The Kier molecular flexibility index (Phi) is 20.4. The largest absolute Gasteiger partial charge is 0.394 e. The molecule has 2 aliphatic heterocycles. The zero-order chi connectivity index (χ0) is 30.1. The maximum Gasteiger partial charge on any atom is 0.217 e. The van der Waals surface area contributed by atoms with Crippen LogP contribution in [-0.4, -0.2) is 130 Å². The van der Waals surface area contributed by atoms with E-state index in [1.54, 1.807) is 0 Å². The average molecular weight is 569 g/mol. The molecule has 1 amide bonds. The van der Waals surface area contributed by atoms with Gasteiger partial charge in [0.1, 0.15) is 36.6 Å². The molecule has 0 spiro atoms. The van der Waals surface area contributed by atoms with Gasteiger partial charge in [-0.05, 0) is 39.5 Å². The van der Waals surface area contributed by atoms with Gasteiger partial charge in [-0.25, -0.2) is 0 Å². The fraction of sp³-hybridized carbons (Fsp3) is 0.963. The molecule has 0 saturated carbocycles. The molecule has 12 nitrogen and oxygen atoms in total. The molecule has 2 aliphatic rings. The summed E-state index contributed by atoms with van der Waals surface area (Å²) in [5.74, 6) is -0.229. The Morgan fingerprint density at radius 2 is 1.38 bits per heavy atom. The lowest BCUT2D eigenvalue weighted by Gasteiger charge is -2.40. The third kappa shape index (κ3) is 14.0. The summed E-state index contributed by atoms with van der Waals surface area (Å²) in [6.07, 6.45) is -1.24. The minimum atomic E-state index is -1.02. The summed E-state index contributed by atoms with van der Waals surface area (Å²) < 4.78 is 16.3. The second-order valence-corrected chi connectivity index (χ2v) is 10.3. The van der Waals surface area contributed by atoms with Crippen molar-refractivity contribution in [1.29, 1.82) is 0 Å². The molecule has 10 unspecified atom stereocenters. The van der Waals surface area contributed by atoms with Crippen molar-refractivity contribution in [2.45, 2.75) is 141 Å². The lowest BCUT2D eigenvalue weighted by molar-refractivity contribution is -0.196. The first-order valence-electron chi connectivity index (χ1n) is 14.3. The summed E-state index contributed by atoms with van der Waals surface area (Å²) in [5, 5.41) is 62.2. The Labute approximate surface area is 234 Å². The molecule has 2 saturated heterocycles. The highest BCUT2D eigenvalue weighted by atomic mass is 16.6. The Morgan fingerprint density at radius 1 is 0.846 bits per heavy atom. The third-order valence-electron chi connectivity index (χ3n) is 7.00. The van der Waals surface area contributed by atoms with Crippen LogP contribution >= 0.6 is 0 Å². The fourth-order valence-corrected chi connectivity index (χ4v) is 3.91. The Bertz CT molecular complexity index is 627. The number of aliphatic hydroxyl groups is 6. The standard InChI is InChI=1S/C12H23NO5.C10H21NO4.C5H12O/c1-4-7(2)18-12-10(5-14)17-6-9(11(12)16)13-8(3)15;1-3-6(2)11-7-5-15-8(4-12)10(14)9(7)13;1-3-5(6)4-2/h7,9-12,14,16H,4-6H2,1-3H3,(H,13,15);6-14H,3-5H2,1-2H3;5-6H,3-4H2,1-2H3. The number of carbonyl (C=O) groups excluding carboxylic acids is 1. The van der Waals surface area contributed by atoms with Gasteiger partial charge in [0.05, 0.1) is 50.7 Å². The fourth-order valence-electron chi connectivity index (χ4n) is 3.91. The second-order valence-electron chi connectivity index (χ2n) is 10.3. The molecule has 0 aromatic heterocycles. The number of hydrogen-bond acceptors (Lipinski definition) is 11. The van der Waals surface area contributed by atoms with Gasteiger partial charge in [0.15, 0.2) is 0 Å². The average Bonchev–Trinajstić information content (AvgIpc) is 2.93. The zero-order valence-corrected chi connectivity index (χ0v) is 24.8. The molecule has 0 bridgehead atoms. The van der Waals surface area contributed by atoms with Crippen LogP contribution in [0, 0.1) is 0 Å². The van der Waals surface area contributed by atoms with Crippen LogP contribution in [0.4, 0.5) is 0 Å². The van der Waals surface area contributed by atoms with E-state index in [4.69, 9.17) is 24.4 Å². The molecule has 0 aromatic carbocycles. The van der Waals surface area contributed by atoms with Gasteiger partial charge in [-0.2, -0.15) is 0 Å². The third-order valence-corrected chi connectivity index (χ3v) is 7.00. The Morgan fingerprint density at radius 3 is 1.82 bits per heavy atom. The Balaban J connectivity index is 0.000000621. The van der Waals surface area contributed by atoms with Crippen molar-refractivity contribution in [3.05, 3.63) is 0 Å². The van der Waals surface area contributed by atoms with E-state index < -0.39 is 42.7 Å². The SMILES string of the molecule is CCC(C)NC1COC(CO)C(O)C1O.CCC(C)OC1C(CO)OCC(NC(C)=O)C1O.CCC(O)CC. The van der Waals surface area contributed by atoms with E-state index >= 15 is 0 Å². The topological polar surface area (TPSA) is 190 Å². The van der Waals surface area contributed by atoms with Gasteiger partial charge in [0, 0.05) is 13.0 Å². The van der Waals surface area contributed by atoms with Gasteiger partial charge in [-0.15, -0.1) is 0 Å². The van der Waals surface area contributed by atoms with Crippen molar-refractivity contribution in [1.82, 2.24) is 10.6 Å². The molecule has 12 heteroatoms. The van der Waals surface area contributed by atoms with Gasteiger partial charge in [0.2, 0.25) is 5.91 Å². The molecule has 0 aliphatic carbocycles. The van der Waals surface area contributed by atoms with Gasteiger partial charge in [0.25, 0.3) is 0 Å². The molecule has 39 heavy (non-hydrogen) atoms. The summed E-state index contributed by atoms with van der Waals surface area (Å²) in [7, 11) is 0. The van der Waals surface area contributed by atoms with E-state index in [0.29, 0.717) is 6.61 Å². The molecule has 2 rings (SSSR count). The van der Waals surface area contributed by atoms with Crippen molar-refractivity contribution in [2.24, 2.45) is 0 Å².